The Morgan fingerprint density at radius 3 is 2.56 bits per heavy atom. The third-order valence-electron chi connectivity index (χ3n) is 5.09. The molecule has 0 atom stereocenters. The van der Waals surface area contributed by atoms with E-state index < -0.39 is 11.4 Å². The lowest BCUT2D eigenvalue weighted by atomic mass is 9.74. The number of benzene rings is 1. The molecular weight excluding hydrogens is 320 g/mol. The molecule has 6 heteroatoms. The first-order valence-electron chi connectivity index (χ1n) is 8.60. The monoisotopic (exact) mass is 342 g/mol. The average molecular weight is 342 g/mol. The minimum absolute atomic E-state index is 0.0521. The van der Waals surface area contributed by atoms with E-state index >= 15 is 0 Å². The maximum absolute atomic E-state index is 12.3. The Bertz CT molecular complexity index is 850. The van der Waals surface area contributed by atoms with Crippen LogP contribution in [0.15, 0.2) is 41.3 Å². The molecule has 3 rings (SSSR count). The summed E-state index contributed by atoms with van der Waals surface area (Å²) in [5.74, 6) is -1.08. The molecule has 0 saturated heterocycles. The molecule has 6 nitrogen and oxygen atoms in total. The molecule has 0 spiro atoms. The van der Waals surface area contributed by atoms with Gasteiger partial charge in [0.05, 0.1) is 10.9 Å². The number of carboxylic acids is 1. The van der Waals surface area contributed by atoms with Crippen LogP contribution >= 0.6 is 0 Å². The maximum atomic E-state index is 12.3. The number of rotatable bonds is 5. The Morgan fingerprint density at radius 1 is 1.12 bits per heavy atom. The number of para-hydroxylation sites is 1. The zero-order valence-electron chi connectivity index (χ0n) is 14.0. The summed E-state index contributed by atoms with van der Waals surface area (Å²) in [5.41, 5.74) is -0.241. The highest BCUT2D eigenvalue weighted by Crippen LogP contribution is 2.36. The lowest BCUT2D eigenvalue weighted by Gasteiger charge is -2.33. The van der Waals surface area contributed by atoms with Gasteiger partial charge in [-0.2, -0.15) is 0 Å². The SMILES string of the molecule is O=C(Cn1ccc(=O)c2ccccc21)NCC1(C(=O)O)CCCCC1. The summed E-state index contributed by atoms with van der Waals surface area (Å²) < 4.78 is 1.71. The number of hydrogen-bond acceptors (Lipinski definition) is 3. The zero-order valence-corrected chi connectivity index (χ0v) is 14.0. The van der Waals surface area contributed by atoms with E-state index in [1.807, 2.05) is 6.07 Å². The number of aliphatic carboxylic acids is 1. The third kappa shape index (κ3) is 3.57. The van der Waals surface area contributed by atoms with Crippen LogP contribution in [0.25, 0.3) is 10.9 Å². The molecule has 1 saturated carbocycles. The number of amides is 1. The Kier molecular flexibility index (Phi) is 4.88. The molecule has 0 aliphatic heterocycles. The van der Waals surface area contributed by atoms with Gasteiger partial charge >= 0.3 is 5.97 Å². The summed E-state index contributed by atoms with van der Waals surface area (Å²) in [4.78, 5) is 35.9. The second-order valence-electron chi connectivity index (χ2n) is 6.75. The molecule has 132 valence electrons. The van der Waals surface area contributed by atoms with Gasteiger partial charge in [-0.25, -0.2) is 0 Å². The van der Waals surface area contributed by atoms with Gasteiger partial charge in [-0.3, -0.25) is 14.4 Å². The number of nitrogens with zero attached hydrogens (tertiary/aromatic N) is 1. The minimum Gasteiger partial charge on any atom is -0.481 e. The van der Waals surface area contributed by atoms with E-state index in [2.05, 4.69) is 5.32 Å². The number of aromatic nitrogens is 1. The Morgan fingerprint density at radius 2 is 1.84 bits per heavy atom. The number of hydrogen-bond donors (Lipinski definition) is 2. The van der Waals surface area contributed by atoms with Crippen LogP contribution in [-0.2, 0) is 16.1 Å². The predicted molar refractivity (Wildman–Crippen MR) is 94.4 cm³/mol. The largest absolute Gasteiger partial charge is 0.481 e. The summed E-state index contributed by atoms with van der Waals surface area (Å²) >= 11 is 0. The summed E-state index contributed by atoms with van der Waals surface area (Å²) in [5, 5.41) is 12.9. The highest BCUT2D eigenvalue weighted by atomic mass is 16.4. The van der Waals surface area contributed by atoms with Crippen molar-refractivity contribution in [3.05, 3.63) is 46.8 Å². The average Bonchev–Trinajstić information content (AvgIpc) is 2.63. The summed E-state index contributed by atoms with van der Waals surface area (Å²) in [6.45, 7) is 0.204. The normalized spacial score (nSPS) is 16.5. The fourth-order valence-electron chi connectivity index (χ4n) is 3.57. The van der Waals surface area contributed by atoms with E-state index in [4.69, 9.17) is 0 Å². The van der Waals surface area contributed by atoms with Crippen molar-refractivity contribution >= 4 is 22.8 Å². The van der Waals surface area contributed by atoms with Crippen LogP contribution in [0.2, 0.25) is 0 Å². The maximum Gasteiger partial charge on any atom is 0.311 e. The fourth-order valence-corrected chi connectivity index (χ4v) is 3.57. The minimum atomic E-state index is -0.848. The van der Waals surface area contributed by atoms with E-state index in [9.17, 15) is 19.5 Å². The Balaban J connectivity index is 1.72. The van der Waals surface area contributed by atoms with E-state index in [1.54, 1.807) is 29.0 Å². The molecular formula is C19H22N2O4. The lowest BCUT2D eigenvalue weighted by molar-refractivity contribution is -0.151. The summed E-state index contributed by atoms with van der Waals surface area (Å²) in [7, 11) is 0. The molecule has 1 aromatic carbocycles. The molecule has 2 aromatic rings. The molecule has 1 aliphatic carbocycles. The number of nitrogens with one attached hydrogen (secondary N) is 1. The molecule has 0 radical (unpaired) electrons. The second kappa shape index (κ2) is 7.09. The van der Waals surface area contributed by atoms with Crippen LogP contribution in [0.3, 0.4) is 0 Å². The van der Waals surface area contributed by atoms with Crippen molar-refractivity contribution in [3.63, 3.8) is 0 Å². The molecule has 1 aromatic heterocycles. The molecule has 0 bridgehead atoms. The van der Waals surface area contributed by atoms with Crippen LogP contribution in [0, 0.1) is 5.41 Å². The van der Waals surface area contributed by atoms with Gasteiger partial charge in [0.25, 0.3) is 0 Å². The van der Waals surface area contributed by atoms with E-state index in [0.717, 1.165) is 19.3 Å². The molecule has 0 unspecified atom stereocenters. The van der Waals surface area contributed by atoms with Crippen molar-refractivity contribution in [1.29, 1.82) is 0 Å². The first-order valence-corrected chi connectivity index (χ1v) is 8.60. The molecule has 25 heavy (non-hydrogen) atoms. The quantitative estimate of drug-likeness (QED) is 0.871. The first-order chi connectivity index (χ1) is 12.0. The van der Waals surface area contributed by atoms with Gasteiger partial charge in [-0.05, 0) is 25.0 Å². The van der Waals surface area contributed by atoms with Crippen LogP contribution in [-0.4, -0.2) is 28.1 Å². The number of carboxylic acid groups (broad SMARTS) is 1. The van der Waals surface area contributed by atoms with E-state index in [0.29, 0.717) is 23.7 Å². The van der Waals surface area contributed by atoms with Crippen LogP contribution < -0.4 is 10.7 Å². The number of pyridine rings is 1. The lowest BCUT2D eigenvalue weighted by Crippen LogP contribution is -2.45. The van der Waals surface area contributed by atoms with E-state index in [-0.39, 0.29) is 24.4 Å². The van der Waals surface area contributed by atoms with Gasteiger partial charge in [0.15, 0.2) is 5.43 Å². The van der Waals surface area contributed by atoms with Gasteiger partial charge in [-0.1, -0.05) is 31.4 Å². The van der Waals surface area contributed by atoms with Crippen molar-refractivity contribution in [2.75, 3.05) is 6.54 Å². The predicted octanol–water partition coefficient (Wildman–Crippen LogP) is 2.15. The smallest absolute Gasteiger partial charge is 0.311 e. The van der Waals surface area contributed by atoms with Gasteiger partial charge in [0.2, 0.25) is 5.91 Å². The third-order valence-corrected chi connectivity index (χ3v) is 5.09. The highest BCUT2D eigenvalue weighted by molar-refractivity contribution is 5.83. The summed E-state index contributed by atoms with van der Waals surface area (Å²) in [6, 6.07) is 8.57. The zero-order chi connectivity index (χ0) is 17.9. The van der Waals surface area contributed by atoms with E-state index in [1.165, 1.54) is 6.07 Å². The highest BCUT2D eigenvalue weighted by Gasteiger charge is 2.39. The van der Waals surface area contributed by atoms with Gasteiger partial charge in [0.1, 0.15) is 6.54 Å². The van der Waals surface area contributed by atoms with Crippen molar-refractivity contribution in [3.8, 4) is 0 Å². The van der Waals surface area contributed by atoms with Gasteiger partial charge in [-0.15, -0.1) is 0 Å². The number of carbonyl (C=O) groups excluding carboxylic acids is 1. The molecule has 2 N–H and O–H groups in total. The summed E-state index contributed by atoms with van der Waals surface area (Å²) in [6.07, 6.45) is 5.61. The van der Waals surface area contributed by atoms with Crippen molar-refractivity contribution in [2.45, 2.75) is 38.6 Å². The molecule has 1 fully saturated rings. The van der Waals surface area contributed by atoms with Crippen LogP contribution in [0.1, 0.15) is 32.1 Å². The number of fused-ring (bicyclic) bond motifs is 1. The van der Waals surface area contributed by atoms with Gasteiger partial charge < -0.3 is 15.0 Å². The van der Waals surface area contributed by atoms with Crippen LogP contribution in [0.5, 0.6) is 0 Å². The molecule has 1 amide bonds. The Labute approximate surface area is 145 Å². The molecule has 1 heterocycles. The first kappa shape index (κ1) is 17.2. The van der Waals surface area contributed by atoms with Crippen LogP contribution in [0.4, 0.5) is 0 Å². The molecule has 1 aliphatic rings. The topological polar surface area (TPSA) is 88.4 Å². The van der Waals surface area contributed by atoms with Crippen molar-refractivity contribution in [1.82, 2.24) is 9.88 Å². The van der Waals surface area contributed by atoms with Crippen molar-refractivity contribution < 1.29 is 14.7 Å². The fraction of sp³-hybridized carbons (Fsp3) is 0.421. The number of carbonyl (C=O) groups is 2. The second-order valence-corrected chi connectivity index (χ2v) is 6.75. The standard InChI is InChI=1S/C19H22N2O4/c22-16-8-11-21(15-7-3-2-6-14(15)16)12-17(23)20-13-19(18(24)25)9-4-1-5-10-19/h2-3,6-8,11H,1,4-5,9-10,12-13H2,(H,20,23)(H,24,25). The van der Waals surface area contributed by atoms with Crippen molar-refractivity contribution in [2.24, 2.45) is 5.41 Å². The Hall–Kier alpha value is -2.63. The van der Waals surface area contributed by atoms with Gasteiger partial charge in [0, 0.05) is 24.2 Å².